The van der Waals surface area contributed by atoms with E-state index in [1.807, 2.05) is 67.6 Å². The van der Waals surface area contributed by atoms with Crippen molar-refractivity contribution in [2.75, 3.05) is 12.0 Å². The number of para-hydroxylation sites is 2. The second kappa shape index (κ2) is 8.37. The molecule has 0 unspecified atom stereocenters. The number of carbonyl (C=O) groups is 1. The summed E-state index contributed by atoms with van der Waals surface area (Å²) in [5.41, 5.74) is 4.63. The summed E-state index contributed by atoms with van der Waals surface area (Å²) in [5.74, 6) is 0.614. The van der Waals surface area contributed by atoms with Crippen molar-refractivity contribution in [3.8, 4) is 0 Å². The van der Waals surface area contributed by atoms with Crippen molar-refractivity contribution in [3.05, 3.63) is 96.3 Å². The Morgan fingerprint density at radius 3 is 1.56 bits per heavy atom. The van der Waals surface area contributed by atoms with E-state index in [4.69, 9.17) is 4.74 Å². The lowest BCUT2D eigenvalue weighted by atomic mass is 10.0. The number of hydrogen-bond acceptors (Lipinski definition) is 3. The van der Waals surface area contributed by atoms with Gasteiger partial charge in [0.05, 0.1) is 12.7 Å². The highest BCUT2D eigenvalue weighted by Gasteiger charge is 2.15. The standard InChI is InChI=1S/C24H23NO2/c1-18(26)24(19(2)27-3)20-14-16-23(17-15-20)25(21-10-6-4-7-11-21)22-12-8-5-9-13-22/h4-17H,1-3H3/b24-19+. The Balaban J connectivity index is 2.06. The zero-order valence-electron chi connectivity index (χ0n) is 15.8. The molecule has 0 bridgehead atoms. The minimum absolute atomic E-state index is 0.00919. The van der Waals surface area contributed by atoms with E-state index in [0.29, 0.717) is 11.3 Å². The highest BCUT2D eigenvalue weighted by Crippen LogP contribution is 2.35. The van der Waals surface area contributed by atoms with Crippen molar-refractivity contribution in [3.63, 3.8) is 0 Å². The topological polar surface area (TPSA) is 29.5 Å². The van der Waals surface area contributed by atoms with Crippen LogP contribution in [0.1, 0.15) is 19.4 Å². The predicted molar refractivity (Wildman–Crippen MR) is 111 cm³/mol. The summed E-state index contributed by atoms with van der Waals surface area (Å²) in [6.45, 7) is 3.37. The van der Waals surface area contributed by atoms with Gasteiger partial charge in [-0.15, -0.1) is 0 Å². The van der Waals surface area contributed by atoms with Gasteiger partial charge in [-0.3, -0.25) is 4.79 Å². The van der Waals surface area contributed by atoms with E-state index >= 15 is 0 Å². The van der Waals surface area contributed by atoms with Crippen LogP contribution in [0.4, 0.5) is 17.1 Å². The van der Waals surface area contributed by atoms with E-state index in [-0.39, 0.29) is 5.78 Å². The first-order valence-corrected chi connectivity index (χ1v) is 8.88. The van der Waals surface area contributed by atoms with Crippen LogP contribution >= 0.6 is 0 Å². The number of anilines is 3. The van der Waals surface area contributed by atoms with Crippen LogP contribution in [0.5, 0.6) is 0 Å². The Labute approximate surface area is 160 Å². The molecule has 0 fully saturated rings. The second-order valence-electron chi connectivity index (χ2n) is 6.24. The number of methoxy groups -OCH3 is 1. The fraction of sp³-hybridized carbons (Fsp3) is 0.125. The highest BCUT2D eigenvalue weighted by atomic mass is 16.5. The molecule has 0 aliphatic carbocycles. The minimum Gasteiger partial charge on any atom is -0.501 e. The molecule has 0 saturated heterocycles. The number of ether oxygens (including phenoxy) is 1. The molecule has 3 heteroatoms. The van der Waals surface area contributed by atoms with Crippen LogP contribution in [-0.2, 0) is 9.53 Å². The Bertz CT molecular complexity index is 890. The van der Waals surface area contributed by atoms with Crippen molar-refractivity contribution in [1.29, 1.82) is 0 Å². The average Bonchev–Trinajstić information content (AvgIpc) is 2.71. The van der Waals surface area contributed by atoms with Crippen LogP contribution in [0.25, 0.3) is 5.57 Å². The molecule has 3 aromatic rings. The van der Waals surface area contributed by atoms with Crippen molar-refractivity contribution >= 4 is 28.4 Å². The predicted octanol–water partition coefficient (Wildman–Crippen LogP) is 6.12. The Morgan fingerprint density at radius 1 is 0.704 bits per heavy atom. The van der Waals surface area contributed by atoms with Gasteiger partial charge in [-0.1, -0.05) is 48.5 Å². The molecule has 3 aromatic carbocycles. The van der Waals surface area contributed by atoms with Crippen LogP contribution in [0.2, 0.25) is 0 Å². The molecule has 3 rings (SSSR count). The van der Waals surface area contributed by atoms with Gasteiger partial charge < -0.3 is 9.64 Å². The fourth-order valence-electron chi connectivity index (χ4n) is 3.13. The molecule has 0 heterocycles. The number of nitrogens with zero attached hydrogens (tertiary/aromatic N) is 1. The summed E-state index contributed by atoms with van der Waals surface area (Å²) in [6, 6.07) is 28.4. The van der Waals surface area contributed by atoms with Crippen molar-refractivity contribution < 1.29 is 9.53 Å². The van der Waals surface area contributed by atoms with E-state index in [2.05, 4.69) is 29.2 Å². The molecule has 0 N–H and O–H groups in total. The summed E-state index contributed by atoms with van der Waals surface area (Å²) in [4.78, 5) is 14.2. The summed E-state index contributed by atoms with van der Waals surface area (Å²) < 4.78 is 5.29. The Morgan fingerprint density at radius 2 is 1.15 bits per heavy atom. The van der Waals surface area contributed by atoms with Gasteiger partial charge in [0.25, 0.3) is 0 Å². The zero-order chi connectivity index (χ0) is 19.2. The van der Waals surface area contributed by atoms with Crippen LogP contribution in [0.3, 0.4) is 0 Å². The lowest BCUT2D eigenvalue weighted by Gasteiger charge is -2.25. The van der Waals surface area contributed by atoms with E-state index in [9.17, 15) is 4.79 Å². The second-order valence-corrected chi connectivity index (χ2v) is 6.24. The molecule has 3 nitrogen and oxygen atoms in total. The third kappa shape index (κ3) is 4.09. The van der Waals surface area contributed by atoms with Crippen LogP contribution in [-0.4, -0.2) is 12.9 Å². The first-order valence-electron chi connectivity index (χ1n) is 8.88. The van der Waals surface area contributed by atoms with Gasteiger partial charge in [-0.05, 0) is 55.8 Å². The molecule has 0 spiro atoms. The molecule has 0 aromatic heterocycles. The SMILES string of the molecule is CO/C(C)=C(\C(C)=O)c1ccc(N(c2ccccc2)c2ccccc2)cc1. The van der Waals surface area contributed by atoms with Gasteiger partial charge in [0.1, 0.15) is 5.76 Å². The third-order valence-electron chi connectivity index (χ3n) is 4.45. The number of ketones is 1. The molecule has 136 valence electrons. The van der Waals surface area contributed by atoms with Crippen LogP contribution < -0.4 is 4.90 Å². The summed E-state index contributed by atoms with van der Waals surface area (Å²) in [5, 5.41) is 0. The normalized spacial score (nSPS) is 11.5. The molecule has 0 radical (unpaired) electrons. The van der Waals surface area contributed by atoms with E-state index in [0.717, 1.165) is 22.6 Å². The summed E-state index contributed by atoms with van der Waals surface area (Å²) in [7, 11) is 1.58. The number of allylic oxidation sites excluding steroid dienone is 2. The van der Waals surface area contributed by atoms with Gasteiger partial charge in [0.2, 0.25) is 0 Å². The van der Waals surface area contributed by atoms with Gasteiger partial charge in [-0.2, -0.15) is 0 Å². The number of rotatable bonds is 6. The quantitative estimate of drug-likeness (QED) is 0.393. The molecular formula is C24H23NO2. The van der Waals surface area contributed by atoms with Gasteiger partial charge in [0, 0.05) is 17.1 Å². The van der Waals surface area contributed by atoms with Crippen LogP contribution in [0.15, 0.2) is 90.7 Å². The number of carbonyl (C=O) groups excluding carboxylic acids is 1. The van der Waals surface area contributed by atoms with E-state index in [1.165, 1.54) is 0 Å². The molecule has 0 aliphatic heterocycles. The van der Waals surface area contributed by atoms with Crippen molar-refractivity contribution in [2.24, 2.45) is 0 Å². The Kier molecular flexibility index (Phi) is 5.72. The van der Waals surface area contributed by atoms with Crippen molar-refractivity contribution in [1.82, 2.24) is 0 Å². The lowest BCUT2D eigenvalue weighted by Crippen LogP contribution is -2.10. The summed E-state index contributed by atoms with van der Waals surface area (Å²) in [6.07, 6.45) is 0. The maximum absolute atomic E-state index is 12.1. The highest BCUT2D eigenvalue weighted by molar-refractivity contribution is 6.20. The third-order valence-corrected chi connectivity index (χ3v) is 4.45. The maximum Gasteiger partial charge on any atom is 0.163 e. The number of Topliss-reactive ketones (excluding diaryl/α,β-unsaturated/α-hetero) is 1. The van der Waals surface area contributed by atoms with Gasteiger partial charge in [-0.25, -0.2) is 0 Å². The smallest absolute Gasteiger partial charge is 0.163 e. The maximum atomic E-state index is 12.1. The molecule has 0 atom stereocenters. The van der Waals surface area contributed by atoms with Crippen LogP contribution in [0, 0.1) is 0 Å². The van der Waals surface area contributed by atoms with Gasteiger partial charge >= 0.3 is 0 Å². The summed E-state index contributed by atoms with van der Waals surface area (Å²) >= 11 is 0. The first-order chi connectivity index (χ1) is 13.1. The number of hydrogen-bond donors (Lipinski definition) is 0. The van der Waals surface area contributed by atoms with Gasteiger partial charge in [0.15, 0.2) is 5.78 Å². The monoisotopic (exact) mass is 357 g/mol. The lowest BCUT2D eigenvalue weighted by molar-refractivity contribution is -0.111. The van der Waals surface area contributed by atoms with E-state index in [1.54, 1.807) is 14.0 Å². The van der Waals surface area contributed by atoms with Crippen molar-refractivity contribution in [2.45, 2.75) is 13.8 Å². The largest absolute Gasteiger partial charge is 0.501 e. The molecule has 0 amide bonds. The minimum atomic E-state index is -0.00919. The zero-order valence-corrected chi connectivity index (χ0v) is 15.8. The number of benzene rings is 3. The fourth-order valence-corrected chi connectivity index (χ4v) is 3.13. The molecular weight excluding hydrogens is 334 g/mol. The average molecular weight is 357 g/mol. The molecule has 27 heavy (non-hydrogen) atoms. The molecule has 0 aliphatic rings. The first kappa shape index (κ1) is 18.5. The van der Waals surface area contributed by atoms with E-state index < -0.39 is 0 Å². The Hall–Kier alpha value is -3.33. The molecule has 0 saturated carbocycles.